The average Bonchev–Trinajstić information content (AvgIpc) is 2.87. The van der Waals surface area contributed by atoms with Gasteiger partial charge in [-0.3, -0.25) is 4.99 Å². The summed E-state index contributed by atoms with van der Waals surface area (Å²) >= 11 is 5.24. The Hall–Kier alpha value is -1.68. The first kappa shape index (κ1) is 13.7. The zero-order chi connectivity index (χ0) is 13.8. The van der Waals surface area contributed by atoms with Gasteiger partial charge >= 0.3 is 0 Å². The first-order chi connectivity index (χ1) is 9.15. The molecule has 2 rings (SSSR count). The number of H-pyrrole nitrogens is 1. The topological polar surface area (TPSA) is 46.6 Å². The van der Waals surface area contributed by atoms with Crippen LogP contribution in [0.25, 0.3) is 10.9 Å². The number of methoxy groups -OCH3 is 1. The lowest BCUT2D eigenvalue weighted by Gasteiger charge is -2.08. The minimum atomic E-state index is 0.266. The second-order valence-electron chi connectivity index (χ2n) is 4.49. The largest absolute Gasteiger partial charge is 0.497 e. The van der Waals surface area contributed by atoms with Crippen molar-refractivity contribution in [3.05, 3.63) is 30.0 Å². The van der Waals surface area contributed by atoms with E-state index in [-0.39, 0.29) is 5.92 Å². The van der Waals surface area contributed by atoms with E-state index in [0.29, 0.717) is 12.4 Å². The van der Waals surface area contributed by atoms with Gasteiger partial charge in [0, 0.05) is 36.5 Å². The van der Waals surface area contributed by atoms with E-state index in [4.69, 9.17) is 16.6 Å². The molecule has 1 unspecified atom stereocenters. The van der Waals surface area contributed by atoms with Gasteiger partial charge in [-0.2, -0.15) is 0 Å². The summed E-state index contributed by atoms with van der Waals surface area (Å²) in [5.74, 6) is 1.60. The van der Waals surface area contributed by atoms with Crippen LogP contribution in [0.4, 0.5) is 0 Å². The van der Waals surface area contributed by atoms with Crippen LogP contribution in [-0.4, -0.2) is 24.5 Å². The number of fused-ring (bicyclic) bond motifs is 1. The number of nitrogens with zero attached hydrogens (tertiary/aromatic N) is 1. The van der Waals surface area contributed by atoms with Crippen molar-refractivity contribution < 1.29 is 9.03 Å². The van der Waals surface area contributed by atoms with Gasteiger partial charge in [0.05, 0.1) is 7.11 Å². The summed E-state index contributed by atoms with van der Waals surface area (Å²) in [6.45, 7) is 4.48. The van der Waals surface area contributed by atoms with Crippen molar-refractivity contribution in [1.29, 1.82) is 0 Å². The molecule has 1 aromatic carbocycles. The van der Waals surface area contributed by atoms with E-state index in [0.717, 1.165) is 16.7 Å². The molecule has 1 aromatic heterocycles. The molecule has 0 amide bonds. The second-order valence-corrected chi connectivity index (χ2v) is 4.65. The molecule has 0 saturated heterocycles. The summed E-state index contributed by atoms with van der Waals surface area (Å²) in [5.41, 5.74) is 2.30. The molecule has 5 heteroatoms. The molecule has 0 aliphatic carbocycles. The van der Waals surface area contributed by atoms with E-state index in [1.165, 1.54) is 5.56 Å². The Morgan fingerprint density at radius 2 is 2.26 bits per heavy atom. The van der Waals surface area contributed by atoms with Crippen LogP contribution in [-0.2, 0) is 4.29 Å². The van der Waals surface area contributed by atoms with Gasteiger partial charge in [0.25, 0.3) is 0 Å². The maximum absolute atomic E-state index is 5.26. The number of rotatable bonds is 4. The minimum Gasteiger partial charge on any atom is -0.497 e. The van der Waals surface area contributed by atoms with Gasteiger partial charge in [-0.1, -0.05) is 6.92 Å². The fourth-order valence-electron chi connectivity index (χ4n) is 2.04. The Balaban J connectivity index is 2.28. The van der Waals surface area contributed by atoms with E-state index in [1.54, 1.807) is 14.0 Å². The number of hydrogen-bond donors (Lipinski definition) is 1. The lowest BCUT2D eigenvalue weighted by molar-refractivity contribution is 0.415. The van der Waals surface area contributed by atoms with E-state index in [9.17, 15) is 0 Å². The van der Waals surface area contributed by atoms with Gasteiger partial charge in [0.1, 0.15) is 17.6 Å². The zero-order valence-electron chi connectivity index (χ0n) is 11.2. The summed E-state index contributed by atoms with van der Waals surface area (Å²) in [5, 5.41) is 1.16. The van der Waals surface area contributed by atoms with Crippen LogP contribution < -0.4 is 4.74 Å². The van der Waals surface area contributed by atoms with Crippen LogP contribution in [0, 0.1) is 0 Å². The van der Waals surface area contributed by atoms with E-state index in [1.807, 2.05) is 24.4 Å². The molecule has 0 aliphatic heterocycles. The Morgan fingerprint density at radius 3 is 2.95 bits per heavy atom. The highest BCUT2D eigenvalue weighted by molar-refractivity contribution is 6.13. The Bertz CT molecular complexity index is 592. The fourth-order valence-corrected chi connectivity index (χ4v) is 2.09. The third-order valence-corrected chi connectivity index (χ3v) is 3.37. The van der Waals surface area contributed by atoms with Crippen LogP contribution in [0.5, 0.6) is 5.75 Å². The van der Waals surface area contributed by atoms with Crippen LogP contribution >= 0.6 is 11.9 Å². The number of hydrogen-bond acceptors (Lipinski definition) is 3. The van der Waals surface area contributed by atoms with Gasteiger partial charge in [-0.15, -0.1) is 0 Å². The van der Waals surface area contributed by atoms with Crippen molar-refractivity contribution in [2.24, 2.45) is 4.99 Å². The number of halogens is 1. The summed E-state index contributed by atoms with van der Waals surface area (Å²) in [6, 6.07) is 5.99. The molecule has 0 spiro atoms. The lowest BCUT2D eigenvalue weighted by atomic mass is 10.0. The number of aliphatic imine (C=N–C) groups is 1. The maximum Gasteiger partial charge on any atom is 0.205 e. The summed E-state index contributed by atoms with van der Waals surface area (Å²) in [6.07, 6.45) is 2.02. The van der Waals surface area contributed by atoms with Gasteiger partial charge in [0.15, 0.2) is 0 Å². The molecule has 2 aromatic rings. The SMILES string of the molecule is COc1ccc2[nH]cc(C(C)CN=C(C)OCl)c2c1. The molecule has 0 saturated carbocycles. The third-order valence-electron chi connectivity index (χ3n) is 3.15. The molecule has 1 heterocycles. The van der Waals surface area contributed by atoms with E-state index >= 15 is 0 Å². The quantitative estimate of drug-likeness (QED) is 0.683. The van der Waals surface area contributed by atoms with Crippen molar-refractivity contribution in [2.75, 3.05) is 13.7 Å². The van der Waals surface area contributed by atoms with Crippen molar-refractivity contribution in [1.82, 2.24) is 4.98 Å². The fraction of sp³-hybridized carbons (Fsp3) is 0.357. The molecule has 19 heavy (non-hydrogen) atoms. The highest BCUT2D eigenvalue weighted by Crippen LogP contribution is 2.28. The Morgan fingerprint density at radius 1 is 1.47 bits per heavy atom. The lowest BCUT2D eigenvalue weighted by Crippen LogP contribution is -2.00. The summed E-state index contributed by atoms with van der Waals surface area (Å²) < 4.78 is 9.80. The van der Waals surface area contributed by atoms with E-state index in [2.05, 4.69) is 21.2 Å². The number of aromatic nitrogens is 1. The Labute approximate surface area is 117 Å². The minimum absolute atomic E-state index is 0.266. The molecule has 1 N–H and O–H groups in total. The van der Waals surface area contributed by atoms with Gasteiger partial charge in [0.2, 0.25) is 5.90 Å². The van der Waals surface area contributed by atoms with Gasteiger partial charge in [-0.05, 0) is 23.8 Å². The number of ether oxygens (including phenoxy) is 1. The number of nitrogens with one attached hydrogen (secondary N) is 1. The molecule has 0 radical (unpaired) electrons. The second kappa shape index (κ2) is 5.97. The number of benzene rings is 1. The van der Waals surface area contributed by atoms with E-state index < -0.39 is 0 Å². The van der Waals surface area contributed by atoms with Crippen molar-refractivity contribution >= 4 is 28.7 Å². The van der Waals surface area contributed by atoms with Gasteiger partial charge < -0.3 is 14.0 Å². The van der Waals surface area contributed by atoms with Crippen LogP contribution in [0.3, 0.4) is 0 Å². The first-order valence-electron chi connectivity index (χ1n) is 6.10. The third kappa shape index (κ3) is 3.01. The highest BCUT2D eigenvalue weighted by Gasteiger charge is 2.12. The standard InChI is InChI=1S/C14H17ClN2O2/c1-9(7-16-10(2)19-15)13-8-17-14-5-4-11(18-3)6-12(13)14/h4-6,8-9,17H,7H2,1-3H3. The summed E-state index contributed by atoms with van der Waals surface area (Å²) in [4.78, 5) is 7.53. The predicted molar refractivity (Wildman–Crippen MR) is 78.2 cm³/mol. The average molecular weight is 281 g/mol. The molecular formula is C14H17ClN2O2. The van der Waals surface area contributed by atoms with Crippen molar-refractivity contribution in [3.8, 4) is 5.75 Å². The Kier molecular flexibility index (Phi) is 4.32. The maximum atomic E-state index is 5.26. The molecule has 0 aliphatic rings. The zero-order valence-corrected chi connectivity index (χ0v) is 12.0. The smallest absolute Gasteiger partial charge is 0.205 e. The van der Waals surface area contributed by atoms with Crippen LogP contribution in [0.1, 0.15) is 25.3 Å². The first-order valence-corrected chi connectivity index (χ1v) is 6.41. The molecule has 1 atom stereocenters. The highest BCUT2D eigenvalue weighted by atomic mass is 35.5. The van der Waals surface area contributed by atoms with Crippen molar-refractivity contribution in [3.63, 3.8) is 0 Å². The van der Waals surface area contributed by atoms with Crippen LogP contribution in [0.15, 0.2) is 29.4 Å². The number of aromatic amines is 1. The van der Waals surface area contributed by atoms with Gasteiger partial charge in [-0.25, -0.2) is 0 Å². The normalized spacial score (nSPS) is 13.6. The molecule has 102 valence electrons. The predicted octanol–water partition coefficient (Wildman–Crippen LogP) is 3.87. The molecular weight excluding hydrogens is 264 g/mol. The monoisotopic (exact) mass is 280 g/mol. The molecule has 4 nitrogen and oxygen atoms in total. The van der Waals surface area contributed by atoms with Crippen molar-refractivity contribution in [2.45, 2.75) is 19.8 Å². The van der Waals surface area contributed by atoms with Crippen LogP contribution in [0.2, 0.25) is 0 Å². The summed E-state index contributed by atoms with van der Waals surface area (Å²) in [7, 11) is 1.67. The molecule has 0 fully saturated rings. The molecule has 0 bridgehead atoms.